The first-order valence-electron chi connectivity index (χ1n) is 27.7. The Hall–Kier alpha value is -2.83. The van der Waals surface area contributed by atoms with E-state index in [9.17, 15) is 80.8 Å². The van der Waals surface area contributed by atoms with Gasteiger partial charge in [-0.3, -0.25) is 4.79 Å². The van der Waals surface area contributed by atoms with Gasteiger partial charge in [0.05, 0.1) is 44.1 Å². The van der Waals surface area contributed by atoms with Crippen LogP contribution in [-0.4, -0.2) is 227 Å². The van der Waals surface area contributed by atoms with Crippen LogP contribution >= 0.6 is 0 Å². The van der Waals surface area contributed by atoms with Gasteiger partial charge in [-0.1, -0.05) is 59.3 Å². The van der Waals surface area contributed by atoms with Gasteiger partial charge in [0.15, 0.2) is 25.0 Å². The van der Waals surface area contributed by atoms with E-state index in [0.717, 1.165) is 5.57 Å². The lowest BCUT2D eigenvalue weighted by Gasteiger charge is -2.72. The van der Waals surface area contributed by atoms with Gasteiger partial charge in [-0.15, -0.1) is 0 Å². The summed E-state index contributed by atoms with van der Waals surface area (Å²) in [5.74, 6) is -3.88. The summed E-state index contributed by atoms with van der Waals surface area (Å²) in [5.41, 5.74) is -3.78. The number of carboxylic acids is 1. The van der Waals surface area contributed by atoms with Gasteiger partial charge in [0.1, 0.15) is 79.4 Å². The second-order valence-electron chi connectivity index (χ2n) is 25.5. The van der Waals surface area contributed by atoms with Gasteiger partial charge in [-0.2, -0.15) is 0 Å². The van der Waals surface area contributed by atoms with Crippen LogP contribution < -0.4 is 0 Å². The van der Waals surface area contributed by atoms with Crippen LogP contribution in [0.2, 0.25) is 0 Å². The molecule has 24 nitrogen and oxygen atoms in total. The van der Waals surface area contributed by atoms with Gasteiger partial charge < -0.3 is 104 Å². The maximum atomic E-state index is 13.4. The van der Waals surface area contributed by atoms with Crippen LogP contribution in [0.25, 0.3) is 0 Å². The van der Waals surface area contributed by atoms with Crippen LogP contribution in [0.5, 0.6) is 0 Å². The molecule has 8 rings (SSSR count). The third-order valence-electron chi connectivity index (χ3n) is 21.1. The number of aliphatic carboxylic acids is 1. The molecule has 0 aromatic rings. The lowest BCUT2D eigenvalue weighted by Crippen LogP contribution is -2.72. The smallest absolute Gasteiger partial charge is 0.335 e. The molecule has 0 aromatic carbocycles. The lowest BCUT2D eigenvalue weighted by atomic mass is 9.33. The van der Waals surface area contributed by atoms with Gasteiger partial charge in [-0.25, -0.2) is 9.59 Å². The molecular formula is C55H86O24. The van der Waals surface area contributed by atoms with Gasteiger partial charge in [-0.05, 0) is 92.8 Å². The van der Waals surface area contributed by atoms with Crippen molar-refractivity contribution in [1.29, 1.82) is 0 Å². The molecule has 7 fully saturated rings. The van der Waals surface area contributed by atoms with Gasteiger partial charge in [0, 0.05) is 23.3 Å². The third kappa shape index (κ3) is 9.94. The van der Waals surface area contributed by atoms with Crippen molar-refractivity contribution in [3.63, 3.8) is 0 Å². The summed E-state index contributed by atoms with van der Waals surface area (Å²) >= 11 is 0. The Kier molecular flexibility index (Phi) is 17.8. The Morgan fingerprint density at radius 1 is 0.658 bits per heavy atom. The van der Waals surface area contributed by atoms with Gasteiger partial charge in [0.25, 0.3) is 0 Å². The number of carbonyl (C=O) groups is 3. The zero-order chi connectivity index (χ0) is 58.4. The van der Waals surface area contributed by atoms with E-state index in [-0.39, 0.29) is 24.7 Å². The Bertz CT molecular complexity index is 2290. The average Bonchev–Trinajstić information content (AvgIpc) is 3.25. The molecule has 79 heavy (non-hydrogen) atoms. The summed E-state index contributed by atoms with van der Waals surface area (Å²) in [4.78, 5) is 39.5. The first-order valence-corrected chi connectivity index (χ1v) is 27.7. The van der Waals surface area contributed by atoms with E-state index < -0.39 is 199 Å². The quantitative estimate of drug-likeness (QED) is 0.0415. The summed E-state index contributed by atoms with van der Waals surface area (Å²) in [5, 5.41) is 143. The minimum atomic E-state index is -2.18. The first kappa shape index (κ1) is 62.2. The number of rotatable bonds is 14. The number of ether oxygens (including phenoxy) is 8. The summed E-state index contributed by atoms with van der Waals surface area (Å²) in [7, 11) is 0. The monoisotopic (exact) mass is 1130 g/mol. The highest BCUT2D eigenvalue weighted by atomic mass is 16.8. The summed E-state index contributed by atoms with van der Waals surface area (Å²) < 4.78 is 48.2. The van der Waals surface area contributed by atoms with Crippen molar-refractivity contribution in [3.05, 3.63) is 23.3 Å². The molecular weight excluding hydrogens is 1040 g/mol. The molecule has 5 aliphatic carbocycles. The number of fused-ring (bicyclic) bond motifs is 7. The molecule has 0 radical (unpaired) electrons. The highest BCUT2D eigenvalue weighted by molar-refractivity contribution is 5.87. The Morgan fingerprint density at radius 2 is 1.24 bits per heavy atom. The zero-order valence-electron chi connectivity index (χ0n) is 46.4. The molecule has 13 N–H and O–H groups in total. The predicted molar refractivity (Wildman–Crippen MR) is 269 cm³/mol. The fourth-order valence-electron chi connectivity index (χ4n) is 16.2. The predicted octanol–water partition coefficient (Wildman–Crippen LogP) is -1.32. The Labute approximate surface area is 459 Å². The van der Waals surface area contributed by atoms with Crippen LogP contribution in [0.15, 0.2) is 23.3 Å². The fourth-order valence-corrected chi connectivity index (χ4v) is 16.2. The molecule has 24 heteroatoms. The lowest BCUT2D eigenvalue weighted by molar-refractivity contribution is -0.392. The maximum absolute atomic E-state index is 13.4. The van der Waals surface area contributed by atoms with Gasteiger partial charge >= 0.3 is 17.9 Å². The molecule has 8 aliphatic rings. The van der Waals surface area contributed by atoms with Crippen LogP contribution in [-0.2, 0) is 52.3 Å². The zero-order valence-corrected chi connectivity index (χ0v) is 46.4. The highest BCUT2D eigenvalue weighted by Gasteiger charge is 2.74. The van der Waals surface area contributed by atoms with Crippen LogP contribution in [0.3, 0.4) is 0 Å². The minimum Gasteiger partial charge on any atom is -0.479 e. The number of aliphatic hydroxyl groups is 12. The topological polar surface area (TPSA) is 388 Å². The largest absolute Gasteiger partial charge is 0.479 e. The third-order valence-corrected chi connectivity index (χ3v) is 21.1. The molecule has 0 spiro atoms. The normalized spacial score (nSPS) is 50.6. The second kappa shape index (κ2) is 22.6. The Morgan fingerprint density at radius 3 is 1.76 bits per heavy atom. The standard InChI is InChI=1S/C55H86O24/c1-10-23(2)46(71)79-43-44(72-24(3)60)55(22-59)26(17-50(43,4)5)25-11-12-30-51(6)15-14-32(52(7,21-58)29(51)13-16-53(30,8)54(25,9)18-31(55)61)75-49-41(77-48-38(67)36(65)34(63)28(20-57)74-48)39(68)40(42(78-49)45(69)70)76-47-37(66)35(64)33(62)27(19-56)73-47/h10-11,26-44,47-49,56-59,61-68H,12-22H2,1-9H3,(H,69,70)/b23-10-/t26?,27?,28?,29?,30?,31-,32+,33+,34+,35+,36+,37?,38?,39+,40-,41?,42?,43+,44+,47+,48+,49-,51+,52+,53-,54-,55+/m1/s1. The molecule has 4 saturated carbocycles. The van der Waals surface area contributed by atoms with Crippen molar-refractivity contribution in [3.8, 4) is 0 Å². The number of carbonyl (C=O) groups excluding carboxylic acids is 2. The van der Waals surface area contributed by atoms with E-state index in [0.29, 0.717) is 37.7 Å². The van der Waals surface area contributed by atoms with Crippen molar-refractivity contribution < 1.29 is 119 Å². The molecule has 3 aliphatic heterocycles. The van der Waals surface area contributed by atoms with E-state index in [1.165, 1.54) is 6.92 Å². The summed E-state index contributed by atoms with van der Waals surface area (Å²) in [6.07, 6.45) is -26.5. The number of aliphatic hydroxyl groups excluding tert-OH is 12. The average molecular weight is 1130 g/mol. The van der Waals surface area contributed by atoms with E-state index in [1.807, 2.05) is 20.8 Å². The van der Waals surface area contributed by atoms with E-state index >= 15 is 0 Å². The molecule has 0 amide bonds. The van der Waals surface area contributed by atoms with Crippen LogP contribution in [0.1, 0.15) is 107 Å². The van der Waals surface area contributed by atoms with Crippen molar-refractivity contribution in [2.45, 2.75) is 224 Å². The molecule has 450 valence electrons. The molecule has 0 bridgehead atoms. The van der Waals surface area contributed by atoms with E-state index in [2.05, 4.69) is 26.8 Å². The summed E-state index contributed by atoms with van der Waals surface area (Å²) in [6, 6.07) is 0. The van der Waals surface area contributed by atoms with Crippen molar-refractivity contribution >= 4 is 17.9 Å². The van der Waals surface area contributed by atoms with Gasteiger partial charge in [0.2, 0.25) is 0 Å². The first-order chi connectivity index (χ1) is 36.9. The number of hydrogen-bond donors (Lipinski definition) is 13. The van der Waals surface area contributed by atoms with Crippen molar-refractivity contribution in [1.82, 2.24) is 0 Å². The Balaban J connectivity index is 1.12. The number of carboxylic acid groups (broad SMARTS) is 1. The molecule has 3 heterocycles. The van der Waals surface area contributed by atoms with E-state index in [4.69, 9.17) is 37.9 Å². The maximum Gasteiger partial charge on any atom is 0.335 e. The molecule has 27 atom stereocenters. The van der Waals surface area contributed by atoms with Crippen molar-refractivity contribution in [2.24, 2.45) is 50.2 Å². The molecule has 0 aromatic heterocycles. The fraction of sp³-hybridized carbons (Fsp3) is 0.873. The van der Waals surface area contributed by atoms with Crippen LogP contribution in [0.4, 0.5) is 0 Å². The van der Waals surface area contributed by atoms with Crippen LogP contribution in [0, 0.1) is 50.2 Å². The minimum absolute atomic E-state index is 0.0849. The number of hydrogen-bond acceptors (Lipinski definition) is 23. The number of allylic oxidation sites excluding steroid dienone is 3. The summed E-state index contributed by atoms with van der Waals surface area (Å²) in [6.45, 7) is 14.1. The van der Waals surface area contributed by atoms with E-state index in [1.54, 1.807) is 19.9 Å². The van der Waals surface area contributed by atoms with Crippen molar-refractivity contribution in [2.75, 3.05) is 26.4 Å². The SMILES string of the molecule is C/C=C(/C)C(=O)O[C@H]1[C@H](OC(C)=O)[C@@]2(CO)C(CC1(C)C)C1=CCC3[C@@]4(C)CC[C@H](O[C@@H]5OC(C(=O)O)[C@H](O[C@@H]6OC(CO)[C@H](O)[C@H](O)C6O)[C@H](O)C5O[C@@H]5OC(CO)[C@H](O)[C@H](O)C5O)[C@@](C)(CO)C4CC[C@@]3(C)[C@]1(C)C[C@H]2O. The molecule has 3 saturated heterocycles. The molecule has 9 unspecified atom stereocenters. The second-order valence-corrected chi connectivity index (χ2v) is 25.5. The highest BCUT2D eigenvalue weighted by Crippen LogP contribution is 2.76. The number of esters is 2.